The van der Waals surface area contributed by atoms with Gasteiger partial charge in [0.15, 0.2) is 5.65 Å². The number of rotatable bonds is 4. The number of hydrogen-bond donors (Lipinski definition) is 1. The molecular weight excluding hydrogens is 236 g/mol. The zero-order valence-electron chi connectivity index (χ0n) is 9.75. The number of pyridine rings is 1. The van der Waals surface area contributed by atoms with Crippen LogP contribution in [-0.4, -0.2) is 32.5 Å². The van der Waals surface area contributed by atoms with Crippen LogP contribution in [0.3, 0.4) is 0 Å². The van der Waals surface area contributed by atoms with E-state index in [9.17, 15) is 4.79 Å². The summed E-state index contributed by atoms with van der Waals surface area (Å²) in [6.45, 7) is 1.92. The number of thioether (sulfide) groups is 1. The highest BCUT2D eigenvalue weighted by molar-refractivity contribution is 7.98. The van der Waals surface area contributed by atoms with Crippen molar-refractivity contribution in [2.45, 2.75) is 6.92 Å². The maximum atomic E-state index is 11.8. The Morgan fingerprint density at radius 2 is 2.41 bits per heavy atom. The average Bonchev–Trinajstić information content (AvgIpc) is 2.76. The van der Waals surface area contributed by atoms with Crippen molar-refractivity contribution in [1.29, 1.82) is 0 Å². The van der Waals surface area contributed by atoms with Crippen LogP contribution in [0.5, 0.6) is 0 Å². The summed E-state index contributed by atoms with van der Waals surface area (Å²) in [5, 5.41) is 6.89. The molecule has 0 aliphatic heterocycles. The standard InChI is InChI=1S/C11H14N4OS/c1-8(6-17-2)11(16)14-9-3-4-10-12-7-13-15(10)5-9/h3-5,7-8H,6H2,1-2H3,(H,14,16). The molecule has 6 heteroatoms. The molecule has 1 N–H and O–H groups in total. The number of anilines is 1. The predicted molar refractivity (Wildman–Crippen MR) is 69.2 cm³/mol. The van der Waals surface area contributed by atoms with Crippen LogP contribution in [-0.2, 0) is 4.79 Å². The first-order chi connectivity index (χ1) is 8.20. The van der Waals surface area contributed by atoms with Crippen LogP contribution < -0.4 is 5.32 Å². The van der Waals surface area contributed by atoms with E-state index >= 15 is 0 Å². The van der Waals surface area contributed by atoms with E-state index in [2.05, 4.69) is 15.4 Å². The van der Waals surface area contributed by atoms with Crippen LogP contribution in [0.25, 0.3) is 5.65 Å². The van der Waals surface area contributed by atoms with Crippen LogP contribution >= 0.6 is 11.8 Å². The number of fused-ring (bicyclic) bond motifs is 1. The SMILES string of the molecule is CSCC(C)C(=O)Nc1ccc2ncnn2c1. The molecule has 0 aromatic carbocycles. The number of carbonyl (C=O) groups excluding carboxylic acids is 1. The summed E-state index contributed by atoms with van der Waals surface area (Å²) in [5.74, 6) is 0.840. The zero-order chi connectivity index (χ0) is 12.3. The highest BCUT2D eigenvalue weighted by Crippen LogP contribution is 2.11. The van der Waals surface area contributed by atoms with Gasteiger partial charge in [0.2, 0.25) is 5.91 Å². The Hall–Kier alpha value is -1.56. The number of carbonyl (C=O) groups is 1. The lowest BCUT2D eigenvalue weighted by Crippen LogP contribution is -2.22. The second-order valence-corrected chi connectivity index (χ2v) is 4.74. The molecule has 17 heavy (non-hydrogen) atoms. The van der Waals surface area contributed by atoms with Crippen molar-refractivity contribution in [1.82, 2.24) is 14.6 Å². The molecule has 2 aromatic heterocycles. The molecule has 2 aromatic rings. The Labute approximate surface area is 104 Å². The fraction of sp³-hybridized carbons (Fsp3) is 0.364. The highest BCUT2D eigenvalue weighted by Gasteiger charge is 2.12. The molecule has 0 fully saturated rings. The summed E-state index contributed by atoms with van der Waals surface area (Å²) < 4.78 is 1.63. The van der Waals surface area contributed by atoms with Crippen LogP contribution in [0, 0.1) is 5.92 Å². The quantitative estimate of drug-likeness (QED) is 0.896. The van der Waals surface area contributed by atoms with Gasteiger partial charge in [-0.1, -0.05) is 6.92 Å². The third kappa shape index (κ3) is 2.76. The lowest BCUT2D eigenvalue weighted by molar-refractivity contribution is -0.118. The minimum atomic E-state index is -0.00329. The molecule has 0 radical (unpaired) electrons. The zero-order valence-corrected chi connectivity index (χ0v) is 10.6. The Balaban J connectivity index is 2.09. The van der Waals surface area contributed by atoms with Crippen LogP contribution in [0.4, 0.5) is 5.69 Å². The molecule has 0 spiro atoms. The third-order valence-corrected chi connectivity index (χ3v) is 3.24. The fourth-order valence-electron chi connectivity index (χ4n) is 1.48. The summed E-state index contributed by atoms with van der Waals surface area (Å²) in [4.78, 5) is 15.8. The Bertz CT molecular complexity index is 525. The van der Waals surface area contributed by atoms with E-state index in [4.69, 9.17) is 0 Å². The topological polar surface area (TPSA) is 59.3 Å². The van der Waals surface area contributed by atoms with E-state index in [1.54, 1.807) is 22.5 Å². The van der Waals surface area contributed by atoms with Gasteiger partial charge in [0.1, 0.15) is 6.33 Å². The molecule has 0 aliphatic rings. The van der Waals surface area contributed by atoms with Crippen molar-refractivity contribution in [3.8, 4) is 0 Å². The van der Waals surface area contributed by atoms with Crippen molar-refractivity contribution in [3.63, 3.8) is 0 Å². The largest absolute Gasteiger partial charge is 0.324 e. The Morgan fingerprint density at radius 1 is 1.59 bits per heavy atom. The highest BCUT2D eigenvalue weighted by atomic mass is 32.2. The van der Waals surface area contributed by atoms with E-state index in [1.165, 1.54) is 6.33 Å². The van der Waals surface area contributed by atoms with Gasteiger partial charge < -0.3 is 5.32 Å². The smallest absolute Gasteiger partial charge is 0.228 e. The first-order valence-electron chi connectivity index (χ1n) is 5.30. The molecule has 1 unspecified atom stereocenters. The van der Waals surface area contributed by atoms with Crippen molar-refractivity contribution in [2.75, 3.05) is 17.3 Å². The Kier molecular flexibility index (Phi) is 3.63. The monoisotopic (exact) mass is 250 g/mol. The molecule has 0 saturated heterocycles. The molecule has 5 nitrogen and oxygen atoms in total. The van der Waals surface area contributed by atoms with Gasteiger partial charge in [0.05, 0.1) is 11.9 Å². The lowest BCUT2D eigenvalue weighted by atomic mass is 10.2. The summed E-state index contributed by atoms with van der Waals surface area (Å²) in [6, 6.07) is 3.65. The Morgan fingerprint density at radius 3 is 3.18 bits per heavy atom. The van der Waals surface area contributed by atoms with Gasteiger partial charge in [-0.2, -0.15) is 16.9 Å². The summed E-state index contributed by atoms with van der Waals surface area (Å²) in [5.41, 5.74) is 1.50. The molecule has 1 atom stereocenters. The summed E-state index contributed by atoms with van der Waals surface area (Å²) in [6.07, 6.45) is 5.23. The molecule has 2 heterocycles. The normalized spacial score (nSPS) is 12.6. The lowest BCUT2D eigenvalue weighted by Gasteiger charge is -2.10. The first kappa shape index (κ1) is 11.9. The van der Waals surface area contributed by atoms with Gasteiger partial charge >= 0.3 is 0 Å². The second-order valence-electron chi connectivity index (χ2n) is 3.83. The van der Waals surface area contributed by atoms with Gasteiger partial charge in [-0.05, 0) is 18.4 Å². The molecule has 0 bridgehead atoms. The van der Waals surface area contributed by atoms with E-state index in [0.717, 1.165) is 17.1 Å². The molecule has 2 rings (SSSR count). The minimum absolute atomic E-state index is 0.00329. The van der Waals surface area contributed by atoms with Crippen molar-refractivity contribution < 1.29 is 4.79 Å². The van der Waals surface area contributed by atoms with Crippen molar-refractivity contribution in [2.24, 2.45) is 5.92 Å². The first-order valence-corrected chi connectivity index (χ1v) is 6.69. The number of nitrogens with one attached hydrogen (secondary N) is 1. The molecule has 0 saturated carbocycles. The van der Waals surface area contributed by atoms with Crippen LogP contribution in [0.1, 0.15) is 6.92 Å². The van der Waals surface area contributed by atoms with Gasteiger partial charge in [0.25, 0.3) is 0 Å². The number of nitrogens with zero attached hydrogens (tertiary/aromatic N) is 3. The van der Waals surface area contributed by atoms with Gasteiger partial charge in [-0.15, -0.1) is 0 Å². The maximum absolute atomic E-state index is 11.8. The van der Waals surface area contributed by atoms with Crippen LogP contribution in [0.15, 0.2) is 24.7 Å². The number of amides is 1. The number of aromatic nitrogens is 3. The molecule has 90 valence electrons. The summed E-state index contributed by atoms with van der Waals surface area (Å²) >= 11 is 1.66. The van der Waals surface area contributed by atoms with E-state index in [-0.39, 0.29) is 11.8 Å². The molecule has 1 amide bonds. The van der Waals surface area contributed by atoms with E-state index in [0.29, 0.717) is 0 Å². The predicted octanol–water partition coefficient (Wildman–Crippen LogP) is 1.67. The average molecular weight is 250 g/mol. The second kappa shape index (κ2) is 5.18. The molecule has 0 aliphatic carbocycles. The van der Waals surface area contributed by atoms with Crippen molar-refractivity contribution >= 4 is 29.0 Å². The van der Waals surface area contributed by atoms with Crippen LogP contribution in [0.2, 0.25) is 0 Å². The number of hydrogen-bond acceptors (Lipinski definition) is 4. The van der Waals surface area contributed by atoms with Gasteiger partial charge in [-0.3, -0.25) is 4.79 Å². The summed E-state index contributed by atoms with van der Waals surface area (Å²) in [7, 11) is 0. The van der Waals surface area contributed by atoms with E-state index < -0.39 is 0 Å². The van der Waals surface area contributed by atoms with E-state index in [1.807, 2.05) is 25.3 Å². The minimum Gasteiger partial charge on any atom is -0.324 e. The third-order valence-electron chi connectivity index (χ3n) is 2.41. The van der Waals surface area contributed by atoms with Gasteiger partial charge in [-0.25, -0.2) is 9.50 Å². The fourth-order valence-corrected chi connectivity index (χ4v) is 2.13. The van der Waals surface area contributed by atoms with Crippen molar-refractivity contribution in [3.05, 3.63) is 24.7 Å². The molecular formula is C11H14N4OS. The van der Waals surface area contributed by atoms with Gasteiger partial charge in [0, 0.05) is 11.7 Å². The maximum Gasteiger partial charge on any atom is 0.228 e.